The van der Waals surface area contributed by atoms with E-state index < -0.39 is 5.97 Å². The van der Waals surface area contributed by atoms with Gasteiger partial charge < -0.3 is 4.74 Å². The summed E-state index contributed by atoms with van der Waals surface area (Å²) in [6.45, 7) is 5.91. The van der Waals surface area contributed by atoms with Crippen LogP contribution in [0.25, 0.3) is 22.4 Å². The second-order valence-corrected chi connectivity index (χ2v) is 6.88. The lowest BCUT2D eigenvalue weighted by molar-refractivity contribution is 0.0602. The number of rotatable bonds is 4. The zero-order chi connectivity index (χ0) is 20.4. The van der Waals surface area contributed by atoms with Crippen LogP contribution in [0.1, 0.15) is 41.4 Å². The molecule has 0 radical (unpaired) electrons. The Kier molecular flexibility index (Phi) is 5.54. The van der Waals surface area contributed by atoms with E-state index >= 15 is 0 Å². The monoisotopic (exact) mass is 381 g/mol. The quantitative estimate of drug-likeness (QED) is 0.527. The van der Waals surface area contributed by atoms with E-state index in [9.17, 15) is 13.6 Å². The van der Waals surface area contributed by atoms with Gasteiger partial charge in [-0.2, -0.15) is 0 Å². The van der Waals surface area contributed by atoms with Crippen LogP contribution in [0.4, 0.5) is 8.78 Å². The number of hydrogen-bond donors (Lipinski definition) is 0. The topological polar surface area (TPSA) is 39.2 Å². The second-order valence-electron chi connectivity index (χ2n) is 6.88. The number of benzene rings is 2. The number of halogens is 2. The van der Waals surface area contributed by atoms with Crippen molar-refractivity contribution < 1.29 is 18.3 Å². The van der Waals surface area contributed by atoms with Crippen LogP contribution in [0.2, 0.25) is 0 Å². The Hall–Kier alpha value is -3.08. The summed E-state index contributed by atoms with van der Waals surface area (Å²) in [6.07, 6.45) is 0. The molecule has 144 valence electrons. The maximum atomic E-state index is 13.5. The van der Waals surface area contributed by atoms with E-state index in [4.69, 9.17) is 9.72 Å². The Morgan fingerprint density at radius 3 is 1.89 bits per heavy atom. The van der Waals surface area contributed by atoms with Crippen molar-refractivity contribution in [3.05, 3.63) is 77.0 Å². The van der Waals surface area contributed by atoms with Gasteiger partial charge in [0.15, 0.2) is 0 Å². The minimum absolute atomic E-state index is 0.0880. The van der Waals surface area contributed by atoms with Gasteiger partial charge in [-0.25, -0.2) is 13.6 Å². The number of pyridine rings is 1. The zero-order valence-corrected chi connectivity index (χ0v) is 16.2. The van der Waals surface area contributed by atoms with Gasteiger partial charge in [-0.1, -0.05) is 26.0 Å². The normalized spacial score (nSPS) is 11.0. The highest BCUT2D eigenvalue weighted by molar-refractivity contribution is 6.04. The van der Waals surface area contributed by atoms with Crippen LogP contribution in [0.15, 0.2) is 48.5 Å². The first-order chi connectivity index (χ1) is 13.3. The average Bonchev–Trinajstić information content (AvgIpc) is 2.68. The first kappa shape index (κ1) is 19.7. The second kappa shape index (κ2) is 7.89. The summed E-state index contributed by atoms with van der Waals surface area (Å²) in [6, 6.07) is 11.8. The largest absolute Gasteiger partial charge is 0.465 e. The fourth-order valence-corrected chi connectivity index (χ4v) is 3.35. The molecule has 1 aromatic heterocycles. The number of carbonyl (C=O) groups is 1. The number of hydrogen-bond acceptors (Lipinski definition) is 3. The van der Waals surface area contributed by atoms with Gasteiger partial charge in [0.05, 0.1) is 18.4 Å². The molecule has 3 rings (SSSR count). The van der Waals surface area contributed by atoms with Crippen LogP contribution < -0.4 is 0 Å². The molecule has 5 heteroatoms. The summed E-state index contributed by atoms with van der Waals surface area (Å²) >= 11 is 0. The van der Waals surface area contributed by atoms with Crippen molar-refractivity contribution in [3.63, 3.8) is 0 Å². The van der Waals surface area contributed by atoms with Gasteiger partial charge >= 0.3 is 5.97 Å². The molecule has 0 saturated heterocycles. The van der Waals surface area contributed by atoms with Crippen molar-refractivity contribution in [2.24, 2.45) is 0 Å². The molecular weight excluding hydrogens is 360 g/mol. The molecule has 0 aliphatic heterocycles. The van der Waals surface area contributed by atoms with E-state index in [0.717, 1.165) is 11.3 Å². The van der Waals surface area contributed by atoms with Crippen molar-refractivity contribution in [2.45, 2.75) is 26.7 Å². The highest BCUT2D eigenvalue weighted by Crippen LogP contribution is 2.37. The summed E-state index contributed by atoms with van der Waals surface area (Å²) in [7, 11) is 1.30. The molecule has 1 heterocycles. The molecule has 0 aliphatic carbocycles. The number of nitrogens with zero attached hydrogens (tertiary/aromatic N) is 1. The summed E-state index contributed by atoms with van der Waals surface area (Å²) in [5.41, 5.74) is 4.27. The molecule has 0 unspecified atom stereocenters. The summed E-state index contributed by atoms with van der Waals surface area (Å²) in [5.74, 6) is -1.20. The van der Waals surface area contributed by atoms with Gasteiger partial charge in [0.25, 0.3) is 0 Å². The highest BCUT2D eigenvalue weighted by Gasteiger charge is 2.26. The molecule has 0 spiro atoms. The molecule has 0 N–H and O–H groups in total. The smallest absolute Gasteiger partial charge is 0.340 e. The maximum absolute atomic E-state index is 13.5. The number of methoxy groups -OCH3 is 1. The van der Waals surface area contributed by atoms with Crippen LogP contribution in [-0.4, -0.2) is 18.1 Å². The van der Waals surface area contributed by atoms with Crippen LogP contribution in [0.5, 0.6) is 0 Å². The summed E-state index contributed by atoms with van der Waals surface area (Å²) in [4.78, 5) is 17.5. The first-order valence-corrected chi connectivity index (χ1v) is 8.98. The Morgan fingerprint density at radius 2 is 1.43 bits per heavy atom. The lowest BCUT2D eigenvalue weighted by atomic mass is 9.88. The van der Waals surface area contributed by atoms with E-state index in [1.54, 1.807) is 24.3 Å². The third kappa shape index (κ3) is 3.65. The third-order valence-electron chi connectivity index (χ3n) is 4.67. The predicted octanol–water partition coefficient (Wildman–Crippen LogP) is 5.91. The molecule has 3 aromatic rings. The van der Waals surface area contributed by atoms with Crippen molar-refractivity contribution in [3.8, 4) is 22.4 Å². The van der Waals surface area contributed by atoms with Gasteiger partial charge in [0, 0.05) is 16.8 Å². The molecule has 28 heavy (non-hydrogen) atoms. The van der Waals surface area contributed by atoms with Crippen molar-refractivity contribution in [1.29, 1.82) is 0 Å². The summed E-state index contributed by atoms with van der Waals surface area (Å²) < 4.78 is 31.9. The lowest BCUT2D eigenvalue weighted by Gasteiger charge is -2.20. The molecule has 0 amide bonds. The van der Waals surface area contributed by atoms with Crippen LogP contribution >= 0.6 is 0 Å². The van der Waals surface area contributed by atoms with Crippen LogP contribution in [-0.2, 0) is 4.74 Å². The van der Waals surface area contributed by atoms with Gasteiger partial charge in [-0.3, -0.25) is 4.98 Å². The van der Waals surface area contributed by atoms with Gasteiger partial charge in [-0.15, -0.1) is 0 Å². The SMILES string of the molecule is COC(=O)c1c(-c2ccc(F)cc2)nc(C(C)C)c(C)c1-c1ccc(F)cc1. The fraction of sp³-hybridized carbons (Fsp3) is 0.217. The number of esters is 1. The molecular formula is C23H21F2NO2. The van der Waals surface area contributed by atoms with Crippen molar-refractivity contribution >= 4 is 5.97 Å². The van der Waals surface area contributed by atoms with E-state index in [1.165, 1.54) is 31.4 Å². The van der Waals surface area contributed by atoms with Crippen molar-refractivity contribution in [1.82, 2.24) is 4.98 Å². The minimum Gasteiger partial charge on any atom is -0.465 e. The predicted molar refractivity (Wildman–Crippen MR) is 105 cm³/mol. The maximum Gasteiger partial charge on any atom is 0.340 e. The Bertz CT molecular complexity index is 1010. The Labute approximate surface area is 163 Å². The number of ether oxygens (including phenoxy) is 1. The molecule has 2 aromatic carbocycles. The van der Waals surface area contributed by atoms with E-state index in [2.05, 4.69) is 0 Å². The molecule has 0 bridgehead atoms. The molecule has 3 nitrogen and oxygen atoms in total. The van der Waals surface area contributed by atoms with E-state index in [-0.39, 0.29) is 23.1 Å². The van der Waals surface area contributed by atoms with E-state index in [1.807, 2.05) is 20.8 Å². The minimum atomic E-state index is -0.551. The molecule has 0 fully saturated rings. The van der Waals surface area contributed by atoms with Crippen LogP contribution in [0, 0.1) is 18.6 Å². The fourth-order valence-electron chi connectivity index (χ4n) is 3.35. The number of carbonyl (C=O) groups excluding carboxylic acids is 1. The molecule has 0 aliphatic rings. The average molecular weight is 381 g/mol. The first-order valence-electron chi connectivity index (χ1n) is 8.98. The third-order valence-corrected chi connectivity index (χ3v) is 4.67. The number of aromatic nitrogens is 1. The van der Waals surface area contributed by atoms with E-state index in [0.29, 0.717) is 22.4 Å². The van der Waals surface area contributed by atoms with Gasteiger partial charge in [-0.05, 0) is 60.4 Å². The summed E-state index contributed by atoms with van der Waals surface area (Å²) in [5, 5.41) is 0. The molecule has 0 atom stereocenters. The standard InChI is InChI=1S/C23H21F2NO2/c1-13(2)21-14(3)19(15-5-9-17(24)10-6-15)20(23(27)28-4)22(26-21)16-7-11-18(25)12-8-16/h5-13H,1-4H3. The van der Waals surface area contributed by atoms with Gasteiger partial charge in [0.2, 0.25) is 0 Å². The van der Waals surface area contributed by atoms with Crippen LogP contribution in [0.3, 0.4) is 0 Å². The lowest BCUT2D eigenvalue weighted by Crippen LogP contribution is -2.12. The Balaban J connectivity index is 2.42. The Morgan fingerprint density at radius 1 is 0.929 bits per heavy atom. The molecule has 0 saturated carbocycles. The zero-order valence-electron chi connectivity index (χ0n) is 16.2. The van der Waals surface area contributed by atoms with Gasteiger partial charge in [0.1, 0.15) is 11.6 Å². The van der Waals surface area contributed by atoms with Crippen molar-refractivity contribution in [2.75, 3.05) is 7.11 Å². The highest BCUT2D eigenvalue weighted by atomic mass is 19.1.